The lowest BCUT2D eigenvalue weighted by atomic mass is 10.2. The molecule has 0 fully saturated rings. The molecule has 0 bridgehead atoms. The molecule has 2 aromatic carbocycles. The van der Waals surface area contributed by atoms with Crippen molar-refractivity contribution >= 4 is 33.2 Å². The highest BCUT2D eigenvalue weighted by Gasteiger charge is 2.28. The number of hydrogen-bond donors (Lipinski definition) is 2. The quantitative estimate of drug-likeness (QED) is 0.545. The van der Waals surface area contributed by atoms with Gasteiger partial charge in [0.2, 0.25) is 21.8 Å². The molecule has 0 aromatic heterocycles. The highest BCUT2D eigenvalue weighted by molar-refractivity contribution is 7.89. The first-order valence-corrected chi connectivity index (χ1v) is 10.8. The summed E-state index contributed by atoms with van der Waals surface area (Å²) in [6.07, 6.45) is 0.354. The maximum absolute atomic E-state index is 13.8. The van der Waals surface area contributed by atoms with E-state index in [0.717, 1.165) is 10.4 Å². The van der Waals surface area contributed by atoms with Crippen molar-refractivity contribution in [3.05, 3.63) is 47.8 Å². The lowest BCUT2D eigenvalue weighted by Crippen LogP contribution is -2.38. The van der Waals surface area contributed by atoms with Gasteiger partial charge in [0.15, 0.2) is 17.5 Å². The Hall–Kier alpha value is -3.12. The van der Waals surface area contributed by atoms with Crippen molar-refractivity contribution in [2.75, 3.05) is 30.8 Å². The van der Waals surface area contributed by atoms with Crippen molar-refractivity contribution in [1.29, 1.82) is 0 Å². The largest absolute Gasteiger partial charge is 0.495 e. The van der Waals surface area contributed by atoms with Gasteiger partial charge in [-0.15, -0.1) is 0 Å². The number of methoxy groups -OCH3 is 1. The number of nitrogens with zero attached hydrogens (tertiary/aromatic N) is 1. The smallest absolute Gasteiger partial charge is 0.243 e. The third kappa shape index (κ3) is 5.77. The van der Waals surface area contributed by atoms with Gasteiger partial charge >= 0.3 is 0 Å². The van der Waals surface area contributed by atoms with Crippen molar-refractivity contribution < 1.29 is 35.9 Å². The molecule has 0 unspecified atom stereocenters. The van der Waals surface area contributed by atoms with Crippen LogP contribution in [0.25, 0.3) is 0 Å². The molecule has 0 saturated carbocycles. The van der Waals surface area contributed by atoms with Crippen molar-refractivity contribution in [1.82, 2.24) is 4.31 Å². The van der Waals surface area contributed by atoms with E-state index < -0.39 is 45.6 Å². The number of rotatable bonds is 9. The van der Waals surface area contributed by atoms with Gasteiger partial charge in [-0.05, 0) is 30.7 Å². The van der Waals surface area contributed by atoms with Gasteiger partial charge in [0.05, 0.1) is 29.9 Å². The van der Waals surface area contributed by atoms with Gasteiger partial charge in [-0.2, -0.15) is 4.31 Å². The fourth-order valence-electron chi connectivity index (χ4n) is 2.78. The Balaban J connectivity index is 2.29. The number of ether oxygens (including phenoxy) is 1. The summed E-state index contributed by atoms with van der Waals surface area (Å²) in [4.78, 5) is 23.4. The molecule has 32 heavy (non-hydrogen) atoms. The Labute approximate surface area is 183 Å². The lowest BCUT2D eigenvalue weighted by molar-refractivity contribution is -0.116. The van der Waals surface area contributed by atoms with E-state index in [0.29, 0.717) is 12.5 Å². The summed E-state index contributed by atoms with van der Waals surface area (Å²) >= 11 is 0. The molecule has 12 heteroatoms. The van der Waals surface area contributed by atoms with Crippen LogP contribution in [0.1, 0.15) is 20.3 Å². The van der Waals surface area contributed by atoms with Crippen LogP contribution in [0.4, 0.5) is 24.5 Å². The Morgan fingerprint density at radius 3 is 2.28 bits per heavy atom. The van der Waals surface area contributed by atoms with E-state index in [1.807, 2.05) is 5.32 Å². The van der Waals surface area contributed by atoms with Gasteiger partial charge in [0.1, 0.15) is 5.75 Å². The predicted octanol–water partition coefficient (Wildman–Crippen LogP) is 3.11. The second kappa shape index (κ2) is 10.5. The Morgan fingerprint density at radius 2 is 1.69 bits per heavy atom. The standard InChI is InChI=1S/C20H22F3N3O5S/c1-4-9-26(11-18(28)25-16-8-6-14(21)19(22)20(16)23)32(29,30)13-5-7-15(24-12(2)27)17(10-13)31-3/h5-8,10H,4,9,11H2,1-3H3,(H,24,27)(H,25,28). The monoisotopic (exact) mass is 473 g/mol. The predicted molar refractivity (Wildman–Crippen MR) is 111 cm³/mol. The van der Waals surface area contributed by atoms with Crippen LogP contribution in [0.15, 0.2) is 35.2 Å². The number of carbonyl (C=O) groups is 2. The summed E-state index contributed by atoms with van der Waals surface area (Å²) in [5.74, 6) is -6.02. The van der Waals surface area contributed by atoms with Gasteiger partial charge in [0, 0.05) is 19.5 Å². The molecule has 2 aromatic rings. The number of hydrogen-bond acceptors (Lipinski definition) is 5. The first kappa shape index (κ1) is 25.1. The molecule has 2 amide bonds. The third-order valence-corrected chi connectivity index (χ3v) is 6.06. The van der Waals surface area contributed by atoms with Crippen LogP contribution in [0.2, 0.25) is 0 Å². The molecule has 0 aliphatic carbocycles. The zero-order valence-corrected chi connectivity index (χ0v) is 18.4. The number of halogens is 3. The average molecular weight is 473 g/mol. The fourth-order valence-corrected chi connectivity index (χ4v) is 4.28. The topological polar surface area (TPSA) is 105 Å². The van der Waals surface area contributed by atoms with E-state index in [1.54, 1.807) is 6.92 Å². The maximum atomic E-state index is 13.8. The van der Waals surface area contributed by atoms with Crippen molar-refractivity contribution in [3.63, 3.8) is 0 Å². The van der Waals surface area contributed by atoms with Crippen LogP contribution in [-0.2, 0) is 19.6 Å². The van der Waals surface area contributed by atoms with E-state index in [1.165, 1.54) is 32.2 Å². The molecule has 0 heterocycles. The van der Waals surface area contributed by atoms with E-state index in [2.05, 4.69) is 5.32 Å². The minimum atomic E-state index is -4.20. The van der Waals surface area contributed by atoms with Crippen LogP contribution in [-0.4, -0.2) is 44.7 Å². The Bertz CT molecular complexity index is 1130. The molecule has 0 saturated heterocycles. The molecule has 0 radical (unpaired) electrons. The van der Waals surface area contributed by atoms with E-state index in [-0.39, 0.29) is 28.8 Å². The second-order valence-corrected chi connectivity index (χ2v) is 8.59. The molecule has 174 valence electrons. The number of amides is 2. The normalized spacial score (nSPS) is 11.3. The summed E-state index contributed by atoms with van der Waals surface area (Å²) in [6, 6.07) is 5.23. The van der Waals surface area contributed by atoms with E-state index in [4.69, 9.17) is 4.74 Å². The van der Waals surface area contributed by atoms with Crippen LogP contribution in [0, 0.1) is 17.5 Å². The minimum Gasteiger partial charge on any atom is -0.495 e. The lowest BCUT2D eigenvalue weighted by Gasteiger charge is -2.22. The van der Waals surface area contributed by atoms with Gasteiger partial charge < -0.3 is 15.4 Å². The summed E-state index contributed by atoms with van der Waals surface area (Å²) in [5.41, 5.74) is -0.364. The second-order valence-electron chi connectivity index (χ2n) is 6.65. The highest BCUT2D eigenvalue weighted by atomic mass is 32.2. The zero-order valence-electron chi connectivity index (χ0n) is 17.5. The number of nitrogens with one attached hydrogen (secondary N) is 2. The van der Waals surface area contributed by atoms with Crippen molar-refractivity contribution in [2.45, 2.75) is 25.2 Å². The minimum absolute atomic E-state index is 0.0498. The van der Waals surface area contributed by atoms with Gasteiger partial charge in [-0.1, -0.05) is 6.92 Å². The van der Waals surface area contributed by atoms with Crippen LogP contribution in [0.3, 0.4) is 0 Å². The summed E-state index contributed by atoms with van der Waals surface area (Å²) in [5, 5.41) is 4.55. The molecule has 0 aliphatic rings. The number of sulfonamides is 1. The number of anilines is 2. The van der Waals surface area contributed by atoms with Crippen LogP contribution >= 0.6 is 0 Å². The van der Waals surface area contributed by atoms with Gasteiger partial charge in [-0.25, -0.2) is 21.6 Å². The Kier molecular flexibility index (Phi) is 8.22. The van der Waals surface area contributed by atoms with E-state index in [9.17, 15) is 31.2 Å². The van der Waals surface area contributed by atoms with Crippen LogP contribution in [0.5, 0.6) is 5.75 Å². The first-order chi connectivity index (χ1) is 15.0. The molecular formula is C20H22F3N3O5S. The highest BCUT2D eigenvalue weighted by Crippen LogP contribution is 2.29. The third-order valence-electron chi connectivity index (χ3n) is 4.22. The molecule has 2 N–H and O–H groups in total. The summed E-state index contributed by atoms with van der Waals surface area (Å²) in [6.45, 7) is 2.22. The number of carbonyl (C=O) groups excluding carboxylic acids is 2. The molecule has 0 aliphatic heterocycles. The summed E-state index contributed by atoms with van der Waals surface area (Å²) < 4.78 is 72.4. The first-order valence-electron chi connectivity index (χ1n) is 9.40. The molecule has 0 spiro atoms. The van der Waals surface area contributed by atoms with E-state index >= 15 is 0 Å². The van der Waals surface area contributed by atoms with Crippen molar-refractivity contribution in [2.24, 2.45) is 0 Å². The van der Waals surface area contributed by atoms with Crippen molar-refractivity contribution in [3.8, 4) is 5.75 Å². The zero-order chi connectivity index (χ0) is 24.1. The fraction of sp³-hybridized carbons (Fsp3) is 0.300. The van der Waals surface area contributed by atoms with Gasteiger partial charge in [0.25, 0.3) is 0 Å². The maximum Gasteiger partial charge on any atom is 0.243 e. The number of benzene rings is 2. The summed E-state index contributed by atoms with van der Waals surface area (Å²) in [7, 11) is -2.91. The average Bonchev–Trinajstić information content (AvgIpc) is 2.73. The molecule has 8 nitrogen and oxygen atoms in total. The molecule has 2 rings (SSSR count). The van der Waals surface area contributed by atoms with Crippen LogP contribution < -0.4 is 15.4 Å². The van der Waals surface area contributed by atoms with Gasteiger partial charge in [-0.3, -0.25) is 9.59 Å². The molecular weight excluding hydrogens is 451 g/mol. The SMILES string of the molecule is CCCN(CC(=O)Nc1ccc(F)c(F)c1F)S(=O)(=O)c1ccc(NC(C)=O)c(OC)c1. The Morgan fingerprint density at radius 1 is 1.03 bits per heavy atom. The molecule has 0 atom stereocenters.